The summed E-state index contributed by atoms with van der Waals surface area (Å²) >= 11 is 4.54. The van der Waals surface area contributed by atoms with Crippen LogP contribution in [-0.2, 0) is 28.5 Å². The highest BCUT2D eigenvalue weighted by Crippen LogP contribution is 2.42. The third-order valence-corrected chi connectivity index (χ3v) is 9.35. The Morgan fingerprint density at radius 1 is 0.943 bits per heavy atom. The molecule has 1 amide bonds. The van der Waals surface area contributed by atoms with Crippen LogP contribution >= 0.6 is 35.3 Å². The topological polar surface area (TPSA) is 130 Å². The predicted molar refractivity (Wildman–Crippen MR) is 135 cm³/mol. The van der Waals surface area contributed by atoms with Gasteiger partial charge in [0.15, 0.2) is 5.70 Å². The summed E-state index contributed by atoms with van der Waals surface area (Å²) in [6.07, 6.45) is 0. The van der Waals surface area contributed by atoms with Crippen LogP contribution in [0.15, 0.2) is 40.5 Å². The summed E-state index contributed by atoms with van der Waals surface area (Å²) < 4.78 is 20.2. The number of hydrogen-bond acceptors (Lipinski definition) is 12. The van der Waals surface area contributed by atoms with E-state index in [4.69, 9.17) is 18.9 Å². The first-order chi connectivity index (χ1) is 16.8. The lowest BCUT2D eigenvalue weighted by atomic mass is 10.1. The molecule has 1 atom stereocenters. The maximum absolute atomic E-state index is 13.3. The first-order valence-electron chi connectivity index (χ1n) is 10.2. The summed E-state index contributed by atoms with van der Waals surface area (Å²) in [7, 11) is 4.77. The number of esters is 3. The Morgan fingerprint density at radius 3 is 2.14 bits per heavy atom. The predicted octanol–water partition coefficient (Wildman–Crippen LogP) is 2.10. The van der Waals surface area contributed by atoms with Gasteiger partial charge < -0.3 is 24.3 Å². The molecular formula is C22H24N2O8S3. The zero-order chi connectivity index (χ0) is 25.6. The van der Waals surface area contributed by atoms with Crippen molar-refractivity contribution < 1.29 is 38.1 Å². The van der Waals surface area contributed by atoms with Gasteiger partial charge in [-0.1, -0.05) is 12.1 Å². The number of carbonyl (C=O) groups is 4. The molecule has 1 N–H and O–H groups in total. The molecule has 3 rings (SSSR count). The number of aliphatic imine (C=N–C) groups is 1. The van der Waals surface area contributed by atoms with Gasteiger partial charge in [-0.05, 0) is 17.7 Å². The molecule has 10 nitrogen and oxygen atoms in total. The van der Waals surface area contributed by atoms with Crippen LogP contribution in [0, 0.1) is 0 Å². The van der Waals surface area contributed by atoms with Gasteiger partial charge >= 0.3 is 17.9 Å². The third kappa shape index (κ3) is 5.52. The van der Waals surface area contributed by atoms with Crippen molar-refractivity contribution in [3.63, 3.8) is 0 Å². The molecule has 2 aliphatic heterocycles. The average molecular weight is 541 g/mol. The molecule has 2 aliphatic rings. The van der Waals surface area contributed by atoms with E-state index in [1.54, 1.807) is 35.7 Å². The summed E-state index contributed by atoms with van der Waals surface area (Å²) in [5.41, 5.74) is -1.40. The van der Waals surface area contributed by atoms with Crippen molar-refractivity contribution in [3.05, 3.63) is 46.7 Å². The van der Waals surface area contributed by atoms with Crippen LogP contribution in [0.2, 0.25) is 0 Å². The number of hydrogen-bond donors (Lipinski definition) is 1. The van der Waals surface area contributed by atoms with E-state index in [2.05, 4.69) is 10.3 Å². The Bertz CT molecular complexity index is 1080. The minimum Gasteiger partial charge on any atom is -0.465 e. The highest BCUT2D eigenvalue weighted by atomic mass is 32.2. The molecule has 188 valence electrons. The molecule has 0 radical (unpaired) electrons. The number of amides is 1. The van der Waals surface area contributed by atoms with E-state index in [1.807, 2.05) is 0 Å². The van der Waals surface area contributed by atoms with Crippen molar-refractivity contribution >= 4 is 64.1 Å². The van der Waals surface area contributed by atoms with Crippen molar-refractivity contribution in [2.75, 3.05) is 45.7 Å². The fraction of sp³-hybridized carbons (Fsp3) is 0.409. The summed E-state index contributed by atoms with van der Waals surface area (Å²) in [5.74, 6) is -0.963. The molecule has 1 aromatic carbocycles. The van der Waals surface area contributed by atoms with Gasteiger partial charge in [-0.25, -0.2) is 19.4 Å². The van der Waals surface area contributed by atoms with E-state index in [9.17, 15) is 19.2 Å². The number of thioether (sulfide) groups is 3. The normalized spacial score (nSPS) is 17.8. The first kappa shape index (κ1) is 27.1. The second-order valence-electron chi connectivity index (χ2n) is 7.01. The zero-order valence-corrected chi connectivity index (χ0v) is 21.9. The van der Waals surface area contributed by atoms with E-state index < -0.39 is 29.5 Å². The van der Waals surface area contributed by atoms with Gasteiger partial charge in [0, 0.05) is 24.4 Å². The van der Waals surface area contributed by atoms with Gasteiger partial charge in [0.05, 0.1) is 37.0 Å². The molecule has 0 bridgehead atoms. The highest BCUT2D eigenvalue weighted by Gasteiger charge is 2.50. The number of nitrogens with zero attached hydrogens (tertiary/aromatic N) is 1. The van der Waals surface area contributed by atoms with Crippen LogP contribution in [0.1, 0.15) is 20.7 Å². The van der Waals surface area contributed by atoms with Crippen LogP contribution in [0.5, 0.6) is 0 Å². The summed E-state index contributed by atoms with van der Waals surface area (Å²) in [5, 5.41) is 2.51. The minimum atomic E-state index is -2.18. The fourth-order valence-electron chi connectivity index (χ4n) is 3.37. The Kier molecular flexibility index (Phi) is 9.27. The van der Waals surface area contributed by atoms with E-state index >= 15 is 0 Å². The standard InChI is InChI=1S/C22H24N2O8S3/c1-29-17(26)13-8-6-5-7-12(13)16(25)24-22(32-4,21(28)31-3)20-23-15(18(27)30-2)14(11-35-20)19-33-9-10-34-19/h5-8,19H,9-11H2,1-4H3,(H,24,25). The summed E-state index contributed by atoms with van der Waals surface area (Å²) in [6, 6.07) is 5.95. The lowest BCUT2D eigenvalue weighted by Crippen LogP contribution is -2.61. The molecule has 0 aromatic heterocycles. The lowest BCUT2D eigenvalue weighted by Gasteiger charge is -2.33. The van der Waals surface area contributed by atoms with Crippen LogP contribution < -0.4 is 5.32 Å². The Labute approximate surface area is 214 Å². The molecule has 1 aromatic rings. The smallest absolute Gasteiger partial charge is 0.366 e. The second-order valence-corrected chi connectivity index (χ2v) is 10.7. The maximum atomic E-state index is 13.3. The van der Waals surface area contributed by atoms with Gasteiger partial charge in [-0.2, -0.15) is 0 Å². The van der Waals surface area contributed by atoms with Crippen molar-refractivity contribution in [1.29, 1.82) is 0 Å². The van der Waals surface area contributed by atoms with Crippen molar-refractivity contribution in [1.82, 2.24) is 5.32 Å². The molecule has 1 fully saturated rings. The van der Waals surface area contributed by atoms with Crippen molar-refractivity contribution in [2.45, 2.75) is 10.3 Å². The number of rotatable bonds is 8. The van der Waals surface area contributed by atoms with Crippen LogP contribution in [0.4, 0.5) is 0 Å². The molecule has 35 heavy (non-hydrogen) atoms. The van der Waals surface area contributed by atoms with Gasteiger partial charge in [0.2, 0.25) is 0 Å². The van der Waals surface area contributed by atoms with E-state index in [-0.39, 0.29) is 26.4 Å². The summed E-state index contributed by atoms with van der Waals surface area (Å²) in [4.78, 5) is 55.5. The Hall–Kier alpha value is -2.48. The van der Waals surface area contributed by atoms with Gasteiger partial charge in [-0.3, -0.25) is 4.79 Å². The number of nitrogens with one attached hydrogen (secondary N) is 1. The second kappa shape index (κ2) is 12.0. The highest BCUT2D eigenvalue weighted by molar-refractivity contribution is 8.20. The van der Waals surface area contributed by atoms with Crippen molar-refractivity contribution in [2.24, 2.45) is 4.99 Å². The Morgan fingerprint density at radius 2 is 1.57 bits per heavy atom. The van der Waals surface area contributed by atoms with Crippen LogP contribution in [0.25, 0.3) is 0 Å². The van der Waals surface area contributed by atoms with Gasteiger partial charge in [0.25, 0.3) is 11.6 Å². The molecule has 0 saturated carbocycles. The van der Waals surface area contributed by atoms with Gasteiger partial charge in [-0.15, -0.1) is 35.3 Å². The maximum Gasteiger partial charge on any atom is 0.366 e. The number of methoxy groups -OCH3 is 4. The molecule has 1 unspecified atom stereocenters. The zero-order valence-electron chi connectivity index (χ0n) is 19.4. The number of carbonyl (C=O) groups excluding carboxylic acids is 4. The van der Waals surface area contributed by atoms with Gasteiger partial charge in [0.1, 0.15) is 5.04 Å². The molecule has 0 spiro atoms. The molecular weight excluding hydrogens is 516 g/mol. The van der Waals surface area contributed by atoms with Crippen LogP contribution in [-0.4, -0.2) is 84.9 Å². The summed E-state index contributed by atoms with van der Waals surface area (Å²) in [6.45, 7) is 0. The number of benzene rings is 1. The quantitative estimate of drug-likeness (QED) is 0.296. The van der Waals surface area contributed by atoms with Crippen molar-refractivity contribution in [3.8, 4) is 0 Å². The Balaban J connectivity index is 2.08. The molecule has 1 saturated heterocycles. The fourth-order valence-corrected chi connectivity index (χ4v) is 7.70. The monoisotopic (exact) mass is 540 g/mol. The lowest BCUT2D eigenvalue weighted by molar-refractivity contribution is -0.159. The molecule has 2 heterocycles. The van der Waals surface area contributed by atoms with Crippen LogP contribution in [0.3, 0.4) is 0 Å². The molecule has 0 aliphatic carbocycles. The average Bonchev–Trinajstić information content (AvgIpc) is 3.44. The van der Waals surface area contributed by atoms with E-state index in [0.717, 1.165) is 36.0 Å². The third-order valence-electron chi connectivity index (χ3n) is 5.11. The first-order valence-corrected chi connectivity index (χ1v) is 13.3. The van der Waals surface area contributed by atoms with E-state index in [0.29, 0.717) is 5.75 Å². The van der Waals surface area contributed by atoms with E-state index in [1.165, 1.54) is 33.5 Å². The minimum absolute atomic E-state index is 0.00619. The molecule has 13 heteroatoms. The SMILES string of the molecule is COC(=O)C1=C(C2SCCS2)CSC(C(NC(=O)c2ccccc2C(=O)OC)(OC)C(=O)OC)=N1. The largest absolute Gasteiger partial charge is 0.465 e. The number of ether oxygens (including phenoxy) is 4.